The SMILES string of the molecule is Cc1cc(C(NC(=O)O)C(C)(C)C)on1. The normalized spacial score (nSPS) is 13.6. The zero-order valence-electron chi connectivity index (χ0n) is 9.37. The molecule has 1 atom stereocenters. The first kappa shape index (κ1) is 11.6. The summed E-state index contributed by atoms with van der Waals surface area (Å²) in [4.78, 5) is 10.7. The van der Waals surface area contributed by atoms with Crippen molar-refractivity contribution in [3.8, 4) is 0 Å². The maximum absolute atomic E-state index is 10.7. The van der Waals surface area contributed by atoms with Crippen LogP contribution < -0.4 is 5.32 Å². The second-order valence-corrected chi connectivity index (χ2v) is 4.62. The van der Waals surface area contributed by atoms with E-state index in [2.05, 4.69) is 10.5 Å². The zero-order chi connectivity index (χ0) is 11.6. The van der Waals surface area contributed by atoms with Crippen molar-refractivity contribution in [3.63, 3.8) is 0 Å². The molecule has 0 aromatic carbocycles. The molecule has 0 aliphatic rings. The molecule has 2 N–H and O–H groups in total. The van der Waals surface area contributed by atoms with Crippen LogP contribution in [0.5, 0.6) is 0 Å². The number of carbonyl (C=O) groups is 1. The quantitative estimate of drug-likeness (QED) is 0.788. The topological polar surface area (TPSA) is 75.4 Å². The van der Waals surface area contributed by atoms with Gasteiger partial charge in [0.15, 0.2) is 5.76 Å². The molecule has 0 saturated carbocycles. The largest absolute Gasteiger partial charge is 0.465 e. The molecule has 0 radical (unpaired) electrons. The Kier molecular flexibility index (Phi) is 3.02. The van der Waals surface area contributed by atoms with Crippen LogP contribution in [0.3, 0.4) is 0 Å². The molecule has 5 nitrogen and oxygen atoms in total. The Morgan fingerprint density at radius 2 is 2.20 bits per heavy atom. The van der Waals surface area contributed by atoms with Crippen molar-refractivity contribution in [1.82, 2.24) is 10.5 Å². The van der Waals surface area contributed by atoms with E-state index in [1.807, 2.05) is 20.8 Å². The van der Waals surface area contributed by atoms with Crippen molar-refractivity contribution in [2.75, 3.05) is 0 Å². The van der Waals surface area contributed by atoms with Gasteiger partial charge in [0.05, 0.1) is 11.7 Å². The molecule has 1 aromatic rings. The molecule has 0 fully saturated rings. The lowest BCUT2D eigenvalue weighted by Crippen LogP contribution is -2.35. The minimum absolute atomic E-state index is 0.260. The van der Waals surface area contributed by atoms with Crippen LogP contribution in [-0.2, 0) is 0 Å². The Morgan fingerprint density at radius 1 is 1.60 bits per heavy atom. The summed E-state index contributed by atoms with van der Waals surface area (Å²) in [7, 11) is 0. The zero-order valence-corrected chi connectivity index (χ0v) is 9.37. The van der Waals surface area contributed by atoms with Gasteiger partial charge in [-0.05, 0) is 12.3 Å². The fourth-order valence-corrected chi connectivity index (χ4v) is 1.36. The lowest BCUT2D eigenvalue weighted by atomic mass is 9.85. The minimum atomic E-state index is -1.07. The van der Waals surface area contributed by atoms with Gasteiger partial charge in [-0.2, -0.15) is 0 Å². The number of aryl methyl sites for hydroxylation is 1. The lowest BCUT2D eigenvalue weighted by Gasteiger charge is -2.27. The summed E-state index contributed by atoms with van der Waals surface area (Å²) in [6, 6.07) is 1.35. The molecular weight excluding hydrogens is 196 g/mol. The second-order valence-electron chi connectivity index (χ2n) is 4.62. The number of aromatic nitrogens is 1. The van der Waals surface area contributed by atoms with Crippen LogP contribution in [0.4, 0.5) is 4.79 Å². The summed E-state index contributed by atoms with van der Waals surface area (Å²) in [5.74, 6) is 0.544. The van der Waals surface area contributed by atoms with Gasteiger partial charge in [0, 0.05) is 6.07 Å². The predicted octanol–water partition coefficient (Wildman–Crippen LogP) is 2.34. The average molecular weight is 212 g/mol. The smallest absolute Gasteiger partial charge is 0.405 e. The van der Waals surface area contributed by atoms with Gasteiger partial charge in [-0.1, -0.05) is 25.9 Å². The fraction of sp³-hybridized carbons (Fsp3) is 0.600. The first-order chi connectivity index (χ1) is 6.80. The summed E-state index contributed by atoms with van der Waals surface area (Å²) >= 11 is 0. The van der Waals surface area contributed by atoms with Gasteiger partial charge < -0.3 is 14.9 Å². The molecule has 5 heteroatoms. The van der Waals surface area contributed by atoms with Gasteiger partial charge in [-0.15, -0.1) is 0 Å². The van der Waals surface area contributed by atoms with E-state index in [4.69, 9.17) is 9.63 Å². The van der Waals surface area contributed by atoms with Gasteiger partial charge in [0.2, 0.25) is 0 Å². The molecule has 0 aliphatic heterocycles. The highest BCUT2D eigenvalue weighted by Gasteiger charge is 2.30. The Morgan fingerprint density at radius 3 is 2.53 bits per heavy atom. The van der Waals surface area contributed by atoms with Gasteiger partial charge >= 0.3 is 6.09 Å². The molecular formula is C10H16N2O3. The molecule has 0 saturated heterocycles. The van der Waals surface area contributed by atoms with E-state index in [1.54, 1.807) is 13.0 Å². The third-order valence-corrected chi connectivity index (χ3v) is 2.06. The maximum atomic E-state index is 10.7. The Hall–Kier alpha value is -1.52. The lowest BCUT2D eigenvalue weighted by molar-refractivity contribution is 0.164. The molecule has 1 rings (SSSR count). The van der Waals surface area contributed by atoms with Crippen LogP contribution in [-0.4, -0.2) is 16.4 Å². The highest BCUT2D eigenvalue weighted by molar-refractivity contribution is 5.65. The minimum Gasteiger partial charge on any atom is -0.465 e. The highest BCUT2D eigenvalue weighted by atomic mass is 16.5. The number of nitrogens with zero attached hydrogens (tertiary/aromatic N) is 1. The molecule has 0 aliphatic carbocycles. The van der Waals surface area contributed by atoms with Gasteiger partial charge in [0.25, 0.3) is 0 Å². The first-order valence-corrected chi connectivity index (χ1v) is 4.73. The van der Waals surface area contributed by atoms with E-state index in [0.29, 0.717) is 5.76 Å². The van der Waals surface area contributed by atoms with Gasteiger partial charge in [-0.3, -0.25) is 0 Å². The number of carboxylic acid groups (broad SMARTS) is 1. The monoisotopic (exact) mass is 212 g/mol. The standard InChI is InChI=1S/C10H16N2O3/c1-6-5-7(15-12-6)8(10(2,3)4)11-9(13)14/h5,8,11H,1-4H3,(H,13,14). The number of amides is 1. The highest BCUT2D eigenvalue weighted by Crippen LogP contribution is 2.32. The van der Waals surface area contributed by atoms with Crippen molar-refractivity contribution in [3.05, 3.63) is 17.5 Å². The average Bonchev–Trinajstić information content (AvgIpc) is 2.45. The van der Waals surface area contributed by atoms with Crippen LogP contribution >= 0.6 is 0 Å². The Bertz CT molecular complexity index is 352. The fourth-order valence-electron chi connectivity index (χ4n) is 1.36. The van der Waals surface area contributed by atoms with Crippen molar-refractivity contribution >= 4 is 6.09 Å². The molecule has 0 spiro atoms. The summed E-state index contributed by atoms with van der Waals surface area (Å²) in [5.41, 5.74) is 0.483. The molecule has 1 unspecified atom stereocenters. The summed E-state index contributed by atoms with van der Waals surface area (Å²) in [6.45, 7) is 7.61. The summed E-state index contributed by atoms with van der Waals surface area (Å²) < 4.78 is 5.08. The van der Waals surface area contributed by atoms with E-state index < -0.39 is 12.1 Å². The third kappa shape index (κ3) is 2.97. The van der Waals surface area contributed by atoms with Crippen LogP contribution in [0.1, 0.15) is 38.3 Å². The van der Waals surface area contributed by atoms with Crippen molar-refractivity contribution in [1.29, 1.82) is 0 Å². The number of rotatable bonds is 2. The number of hydrogen-bond donors (Lipinski definition) is 2. The van der Waals surface area contributed by atoms with Crippen LogP contribution in [0.25, 0.3) is 0 Å². The number of hydrogen-bond acceptors (Lipinski definition) is 3. The van der Waals surface area contributed by atoms with Gasteiger partial charge in [0.1, 0.15) is 0 Å². The van der Waals surface area contributed by atoms with Crippen molar-refractivity contribution in [2.45, 2.75) is 33.7 Å². The van der Waals surface area contributed by atoms with Crippen LogP contribution in [0, 0.1) is 12.3 Å². The van der Waals surface area contributed by atoms with E-state index in [-0.39, 0.29) is 5.41 Å². The maximum Gasteiger partial charge on any atom is 0.405 e. The summed E-state index contributed by atoms with van der Waals surface area (Å²) in [5, 5.41) is 14.9. The third-order valence-electron chi connectivity index (χ3n) is 2.06. The van der Waals surface area contributed by atoms with Gasteiger partial charge in [-0.25, -0.2) is 4.79 Å². The Labute approximate surface area is 88.5 Å². The molecule has 0 bridgehead atoms. The molecule has 1 aromatic heterocycles. The molecule has 1 heterocycles. The van der Waals surface area contributed by atoms with Crippen molar-refractivity contribution in [2.24, 2.45) is 5.41 Å². The number of nitrogens with one attached hydrogen (secondary N) is 1. The van der Waals surface area contributed by atoms with E-state index in [0.717, 1.165) is 5.69 Å². The Balaban J connectivity index is 2.96. The van der Waals surface area contributed by atoms with E-state index in [9.17, 15) is 4.79 Å². The van der Waals surface area contributed by atoms with E-state index in [1.165, 1.54) is 0 Å². The molecule has 15 heavy (non-hydrogen) atoms. The molecule has 1 amide bonds. The second kappa shape index (κ2) is 3.92. The van der Waals surface area contributed by atoms with E-state index >= 15 is 0 Å². The van der Waals surface area contributed by atoms with Crippen molar-refractivity contribution < 1.29 is 14.4 Å². The van der Waals surface area contributed by atoms with Crippen LogP contribution in [0.15, 0.2) is 10.6 Å². The first-order valence-electron chi connectivity index (χ1n) is 4.73. The molecule has 84 valence electrons. The summed E-state index contributed by atoms with van der Waals surface area (Å²) in [6.07, 6.45) is -1.07. The predicted molar refractivity (Wildman–Crippen MR) is 54.6 cm³/mol. The van der Waals surface area contributed by atoms with Crippen LogP contribution in [0.2, 0.25) is 0 Å².